The molecule has 0 fully saturated rings. The molecule has 2 unspecified atom stereocenters. The molecule has 0 aromatic carbocycles. The predicted octanol–water partition coefficient (Wildman–Crippen LogP) is -0.00990. The maximum absolute atomic E-state index is 10.00. The SMILES string of the molecule is CC(CCCO)C(O)[N+](=O)[O-]. The highest BCUT2D eigenvalue weighted by Crippen LogP contribution is 2.10. The van der Waals surface area contributed by atoms with Gasteiger partial charge in [0.1, 0.15) is 0 Å². The fraction of sp³-hybridized carbons (Fsp3) is 1.00. The molecule has 0 aliphatic heterocycles. The van der Waals surface area contributed by atoms with Gasteiger partial charge in [0.15, 0.2) is 0 Å². The van der Waals surface area contributed by atoms with E-state index in [0.29, 0.717) is 12.8 Å². The predicted molar refractivity (Wildman–Crippen MR) is 38.5 cm³/mol. The van der Waals surface area contributed by atoms with Crippen LogP contribution in [0, 0.1) is 16.0 Å². The van der Waals surface area contributed by atoms with E-state index in [4.69, 9.17) is 10.2 Å². The first-order valence-corrected chi connectivity index (χ1v) is 3.52. The fourth-order valence-electron chi connectivity index (χ4n) is 0.770. The lowest BCUT2D eigenvalue weighted by Crippen LogP contribution is -2.26. The van der Waals surface area contributed by atoms with Crippen molar-refractivity contribution < 1.29 is 15.1 Å². The molecule has 0 aliphatic carbocycles. The number of rotatable bonds is 5. The maximum Gasteiger partial charge on any atom is 0.315 e. The number of hydrogen-bond acceptors (Lipinski definition) is 4. The Morgan fingerprint density at radius 3 is 2.55 bits per heavy atom. The van der Waals surface area contributed by atoms with E-state index in [0.717, 1.165) is 0 Å². The van der Waals surface area contributed by atoms with Gasteiger partial charge in [-0.1, -0.05) is 6.92 Å². The summed E-state index contributed by atoms with van der Waals surface area (Å²) in [6, 6.07) is 0. The van der Waals surface area contributed by atoms with Crippen molar-refractivity contribution >= 4 is 0 Å². The number of hydrogen-bond donors (Lipinski definition) is 2. The Labute approximate surface area is 64.8 Å². The first-order valence-electron chi connectivity index (χ1n) is 3.52. The van der Waals surface area contributed by atoms with Gasteiger partial charge in [-0.05, 0) is 12.8 Å². The zero-order chi connectivity index (χ0) is 8.85. The first kappa shape index (κ1) is 10.3. The Morgan fingerprint density at radius 1 is 1.64 bits per heavy atom. The minimum atomic E-state index is -1.50. The smallest absolute Gasteiger partial charge is 0.315 e. The van der Waals surface area contributed by atoms with Crippen LogP contribution in [0.3, 0.4) is 0 Å². The van der Waals surface area contributed by atoms with Crippen molar-refractivity contribution in [2.75, 3.05) is 6.61 Å². The van der Waals surface area contributed by atoms with Crippen molar-refractivity contribution in [3.8, 4) is 0 Å². The van der Waals surface area contributed by atoms with E-state index >= 15 is 0 Å². The molecule has 66 valence electrons. The number of nitro groups is 1. The summed E-state index contributed by atoms with van der Waals surface area (Å²) in [5.74, 6) is -0.392. The molecular weight excluding hydrogens is 150 g/mol. The average molecular weight is 163 g/mol. The summed E-state index contributed by atoms with van der Waals surface area (Å²) in [5, 5.41) is 27.2. The number of nitrogens with zero attached hydrogens (tertiary/aromatic N) is 1. The third-order valence-corrected chi connectivity index (χ3v) is 1.54. The van der Waals surface area contributed by atoms with Crippen molar-refractivity contribution in [2.45, 2.75) is 26.0 Å². The van der Waals surface area contributed by atoms with Crippen LogP contribution in [0.1, 0.15) is 19.8 Å². The molecule has 11 heavy (non-hydrogen) atoms. The van der Waals surface area contributed by atoms with Crippen LogP contribution < -0.4 is 0 Å². The Morgan fingerprint density at radius 2 is 2.18 bits per heavy atom. The van der Waals surface area contributed by atoms with Crippen LogP contribution in [0.5, 0.6) is 0 Å². The molecule has 0 aromatic rings. The summed E-state index contributed by atoms with van der Waals surface area (Å²) in [6.07, 6.45) is -0.536. The number of aliphatic hydroxyl groups excluding tert-OH is 2. The van der Waals surface area contributed by atoms with Crippen LogP contribution in [0.25, 0.3) is 0 Å². The Balaban J connectivity index is 3.63. The van der Waals surface area contributed by atoms with E-state index in [1.807, 2.05) is 0 Å². The Kier molecular flexibility index (Phi) is 4.72. The summed E-state index contributed by atoms with van der Waals surface area (Å²) in [6.45, 7) is 1.60. The van der Waals surface area contributed by atoms with Gasteiger partial charge in [0.2, 0.25) is 0 Å². The quantitative estimate of drug-likeness (QED) is 0.339. The van der Waals surface area contributed by atoms with E-state index in [9.17, 15) is 10.1 Å². The molecule has 5 nitrogen and oxygen atoms in total. The van der Waals surface area contributed by atoms with E-state index in [1.165, 1.54) is 0 Å². The molecule has 5 heteroatoms. The summed E-state index contributed by atoms with van der Waals surface area (Å²) in [4.78, 5) is 9.28. The van der Waals surface area contributed by atoms with E-state index in [1.54, 1.807) is 6.92 Å². The van der Waals surface area contributed by atoms with Gasteiger partial charge in [-0.3, -0.25) is 10.1 Å². The summed E-state index contributed by atoms with van der Waals surface area (Å²) in [7, 11) is 0. The molecule has 0 amide bonds. The average Bonchev–Trinajstić information content (AvgIpc) is 1.98. The zero-order valence-electron chi connectivity index (χ0n) is 6.43. The van der Waals surface area contributed by atoms with Crippen LogP contribution in [0.4, 0.5) is 0 Å². The third kappa shape index (κ3) is 3.90. The zero-order valence-corrected chi connectivity index (χ0v) is 6.43. The Hall–Kier alpha value is -0.680. The van der Waals surface area contributed by atoms with Crippen LogP contribution in [0.15, 0.2) is 0 Å². The monoisotopic (exact) mass is 163 g/mol. The minimum Gasteiger partial charge on any atom is -0.396 e. The normalized spacial score (nSPS) is 15.9. The van der Waals surface area contributed by atoms with Gasteiger partial charge in [0.05, 0.1) is 10.8 Å². The van der Waals surface area contributed by atoms with Crippen LogP contribution >= 0.6 is 0 Å². The van der Waals surface area contributed by atoms with Gasteiger partial charge in [0, 0.05) is 6.61 Å². The van der Waals surface area contributed by atoms with Gasteiger partial charge in [-0.15, -0.1) is 0 Å². The molecule has 0 saturated carbocycles. The second-order valence-corrected chi connectivity index (χ2v) is 2.54. The largest absolute Gasteiger partial charge is 0.396 e. The van der Waals surface area contributed by atoms with Crippen molar-refractivity contribution in [2.24, 2.45) is 5.92 Å². The lowest BCUT2D eigenvalue weighted by atomic mass is 10.0. The first-order chi connectivity index (χ1) is 5.09. The molecule has 0 rings (SSSR count). The molecule has 0 aromatic heterocycles. The van der Waals surface area contributed by atoms with E-state index in [2.05, 4.69) is 0 Å². The van der Waals surface area contributed by atoms with Gasteiger partial charge in [-0.2, -0.15) is 0 Å². The standard InChI is InChI=1S/C6H13NO4/c1-5(3-2-4-8)6(9)7(10)11/h5-6,8-9H,2-4H2,1H3. The summed E-state index contributed by atoms with van der Waals surface area (Å²) in [5.41, 5.74) is 0. The van der Waals surface area contributed by atoms with Crippen LogP contribution in [0.2, 0.25) is 0 Å². The molecule has 0 aliphatic rings. The van der Waals surface area contributed by atoms with E-state index < -0.39 is 17.1 Å². The van der Waals surface area contributed by atoms with Crippen molar-refractivity contribution in [3.05, 3.63) is 10.1 Å². The molecule has 0 radical (unpaired) electrons. The molecule has 0 bridgehead atoms. The second-order valence-electron chi connectivity index (χ2n) is 2.54. The lowest BCUT2D eigenvalue weighted by Gasteiger charge is -2.09. The van der Waals surface area contributed by atoms with Crippen molar-refractivity contribution in [1.82, 2.24) is 0 Å². The van der Waals surface area contributed by atoms with Crippen molar-refractivity contribution in [1.29, 1.82) is 0 Å². The maximum atomic E-state index is 10.00. The highest BCUT2D eigenvalue weighted by Gasteiger charge is 2.23. The van der Waals surface area contributed by atoms with Gasteiger partial charge < -0.3 is 10.2 Å². The topological polar surface area (TPSA) is 83.6 Å². The van der Waals surface area contributed by atoms with Crippen LogP contribution in [-0.4, -0.2) is 28.0 Å². The highest BCUT2D eigenvalue weighted by atomic mass is 16.7. The van der Waals surface area contributed by atoms with Gasteiger partial charge >= 0.3 is 6.23 Å². The van der Waals surface area contributed by atoms with E-state index in [-0.39, 0.29) is 6.61 Å². The molecule has 2 N–H and O–H groups in total. The molecule has 0 heterocycles. The lowest BCUT2D eigenvalue weighted by molar-refractivity contribution is -0.580. The molecule has 0 saturated heterocycles. The summed E-state index contributed by atoms with van der Waals surface area (Å²) >= 11 is 0. The fourth-order valence-corrected chi connectivity index (χ4v) is 0.770. The second kappa shape index (κ2) is 5.03. The molecule has 2 atom stereocenters. The number of aliphatic hydroxyl groups is 2. The molecule has 0 spiro atoms. The van der Waals surface area contributed by atoms with Crippen LogP contribution in [-0.2, 0) is 0 Å². The third-order valence-electron chi connectivity index (χ3n) is 1.54. The minimum absolute atomic E-state index is 0.00870. The van der Waals surface area contributed by atoms with Crippen molar-refractivity contribution in [3.63, 3.8) is 0 Å². The Bertz CT molecular complexity index is 128. The van der Waals surface area contributed by atoms with Gasteiger partial charge in [-0.25, -0.2) is 0 Å². The molecular formula is C6H13NO4. The summed E-state index contributed by atoms with van der Waals surface area (Å²) < 4.78 is 0. The highest BCUT2D eigenvalue weighted by molar-refractivity contribution is 4.54. The van der Waals surface area contributed by atoms with Gasteiger partial charge in [0.25, 0.3) is 0 Å².